The number of hydrogen-bond donors (Lipinski definition) is 1. The Bertz CT molecular complexity index is 329. The molecule has 1 aromatic carbocycles. The molecule has 1 aromatic rings. The van der Waals surface area contributed by atoms with Crippen molar-refractivity contribution in [3.05, 3.63) is 29.8 Å². The fourth-order valence-corrected chi connectivity index (χ4v) is 2.87. The average molecular weight is 262 g/mol. The number of thiol groups is 1. The molecule has 0 bridgehead atoms. The Hall–Kier alpha value is -0.220. The standard InChI is InChI=1S/C12H16F2S2/c1-9(4-6-15)5-7-16-12-3-2-10(13)8-11(12)14/h2-3,8-9,15H,4-7H2,1H3. The summed E-state index contributed by atoms with van der Waals surface area (Å²) < 4.78 is 25.9. The average Bonchev–Trinajstić information content (AvgIpc) is 2.22. The highest BCUT2D eigenvalue weighted by molar-refractivity contribution is 7.99. The summed E-state index contributed by atoms with van der Waals surface area (Å²) in [7, 11) is 0. The van der Waals surface area contributed by atoms with Crippen LogP contribution in [0.25, 0.3) is 0 Å². The number of rotatable bonds is 6. The number of thioether (sulfide) groups is 1. The minimum atomic E-state index is -0.523. The molecule has 0 aliphatic rings. The number of halogens is 2. The lowest BCUT2D eigenvalue weighted by Gasteiger charge is -2.09. The van der Waals surface area contributed by atoms with Crippen molar-refractivity contribution in [2.45, 2.75) is 24.7 Å². The topological polar surface area (TPSA) is 0 Å². The molecule has 0 saturated heterocycles. The molecule has 1 unspecified atom stereocenters. The summed E-state index contributed by atoms with van der Waals surface area (Å²) in [5, 5.41) is 0. The van der Waals surface area contributed by atoms with E-state index in [1.54, 1.807) is 0 Å². The van der Waals surface area contributed by atoms with Gasteiger partial charge in [-0.05, 0) is 42.4 Å². The van der Waals surface area contributed by atoms with Crippen LogP contribution in [0.3, 0.4) is 0 Å². The van der Waals surface area contributed by atoms with Gasteiger partial charge in [-0.15, -0.1) is 11.8 Å². The van der Waals surface area contributed by atoms with E-state index in [0.29, 0.717) is 10.8 Å². The van der Waals surface area contributed by atoms with E-state index in [4.69, 9.17) is 0 Å². The highest BCUT2D eigenvalue weighted by atomic mass is 32.2. The van der Waals surface area contributed by atoms with Crippen LogP contribution < -0.4 is 0 Å². The second-order valence-electron chi connectivity index (χ2n) is 3.83. The minimum absolute atomic E-state index is 0.466. The molecule has 1 atom stereocenters. The van der Waals surface area contributed by atoms with Crippen molar-refractivity contribution in [1.29, 1.82) is 0 Å². The first-order valence-corrected chi connectivity index (χ1v) is 6.94. The molecule has 0 spiro atoms. The zero-order valence-corrected chi connectivity index (χ0v) is 11.0. The first kappa shape index (κ1) is 13.8. The maximum Gasteiger partial charge on any atom is 0.139 e. The third-order valence-corrected chi connectivity index (χ3v) is 3.72. The molecular formula is C12H16F2S2. The molecule has 16 heavy (non-hydrogen) atoms. The predicted octanol–water partition coefficient (Wildman–Crippen LogP) is 4.40. The molecule has 0 radical (unpaired) electrons. The van der Waals surface area contributed by atoms with Crippen molar-refractivity contribution in [2.75, 3.05) is 11.5 Å². The van der Waals surface area contributed by atoms with Gasteiger partial charge in [0.1, 0.15) is 11.6 Å². The van der Waals surface area contributed by atoms with Gasteiger partial charge in [0, 0.05) is 11.0 Å². The highest BCUT2D eigenvalue weighted by Crippen LogP contribution is 2.24. The van der Waals surface area contributed by atoms with Crippen molar-refractivity contribution >= 4 is 24.4 Å². The van der Waals surface area contributed by atoms with Gasteiger partial charge < -0.3 is 0 Å². The van der Waals surface area contributed by atoms with E-state index in [2.05, 4.69) is 19.6 Å². The van der Waals surface area contributed by atoms with E-state index in [1.165, 1.54) is 23.9 Å². The van der Waals surface area contributed by atoms with Crippen LogP contribution in [0.5, 0.6) is 0 Å². The molecule has 0 N–H and O–H groups in total. The summed E-state index contributed by atoms with van der Waals surface area (Å²) in [6, 6.07) is 3.72. The van der Waals surface area contributed by atoms with Gasteiger partial charge in [-0.1, -0.05) is 6.92 Å². The molecule has 90 valence electrons. The van der Waals surface area contributed by atoms with Gasteiger partial charge in [-0.25, -0.2) is 8.78 Å². The predicted molar refractivity (Wildman–Crippen MR) is 69.3 cm³/mol. The van der Waals surface area contributed by atoms with Gasteiger partial charge in [0.15, 0.2) is 0 Å². The van der Waals surface area contributed by atoms with E-state index in [9.17, 15) is 8.78 Å². The summed E-state index contributed by atoms with van der Waals surface area (Å²) in [5.74, 6) is 1.36. The Morgan fingerprint density at radius 2 is 2.06 bits per heavy atom. The second kappa shape index (κ2) is 7.17. The van der Waals surface area contributed by atoms with Gasteiger partial charge in [-0.2, -0.15) is 12.6 Å². The molecular weight excluding hydrogens is 246 g/mol. The summed E-state index contributed by atoms with van der Waals surface area (Å²) in [6.45, 7) is 2.16. The third-order valence-electron chi connectivity index (χ3n) is 2.38. The molecule has 0 heterocycles. The summed E-state index contributed by atoms with van der Waals surface area (Å²) in [6.07, 6.45) is 2.11. The van der Waals surface area contributed by atoms with Crippen LogP contribution in [-0.2, 0) is 0 Å². The lowest BCUT2D eigenvalue weighted by atomic mass is 10.1. The smallest absolute Gasteiger partial charge is 0.139 e. The van der Waals surface area contributed by atoms with E-state index >= 15 is 0 Å². The van der Waals surface area contributed by atoms with Crippen molar-refractivity contribution in [1.82, 2.24) is 0 Å². The lowest BCUT2D eigenvalue weighted by molar-refractivity contribution is 0.551. The zero-order chi connectivity index (χ0) is 12.0. The van der Waals surface area contributed by atoms with Gasteiger partial charge in [0.2, 0.25) is 0 Å². The summed E-state index contributed by atoms with van der Waals surface area (Å²) >= 11 is 5.61. The Morgan fingerprint density at radius 3 is 2.69 bits per heavy atom. The molecule has 0 nitrogen and oxygen atoms in total. The Kier molecular flexibility index (Phi) is 6.21. The lowest BCUT2D eigenvalue weighted by Crippen LogP contribution is -1.97. The van der Waals surface area contributed by atoms with Crippen molar-refractivity contribution in [3.63, 3.8) is 0 Å². The normalized spacial score (nSPS) is 12.8. The summed E-state index contributed by atoms with van der Waals surface area (Å²) in [4.78, 5) is 0.527. The quantitative estimate of drug-likeness (QED) is 0.585. The van der Waals surface area contributed by atoms with Crippen LogP contribution in [0.4, 0.5) is 8.78 Å². The maximum absolute atomic E-state index is 13.2. The largest absolute Gasteiger partial charge is 0.207 e. The van der Waals surface area contributed by atoms with Gasteiger partial charge in [0.05, 0.1) is 0 Å². The van der Waals surface area contributed by atoms with Crippen LogP contribution in [0.2, 0.25) is 0 Å². The van der Waals surface area contributed by atoms with Crippen molar-refractivity contribution in [2.24, 2.45) is 5.92 Å². The Morgan fingerprint density at radius 1 is 1.31 bits per heavy atom. The maximum atomic E-state index is 13.2. The molecule has 4 heteroatoms. The first-order chi connectivity index (χ1) is 7.63. The first-order valence-electron chi connectivity index (χ1n) is 5.32. The molecule has 0 aliphatic carbocycles. The van der Waals surface area contributed by atoms with Gasteiger partial charge >= 0.3 is 0 Å². The van der Waals surface area contributed by atoms with Crippen LogP contribution in [0.1, 0.15) is 19.8 Å². The third kappa shape index (κ3) is 4.74. The number of benzene rings is 1. The van der Waals surface area contributed by atoms with Crippen LogP contribution >= 0.6 is 24.4 Å². The molecule has 0 aromatic heterocycles. The highest BCUT2D eigenvalue weighted by Gasteiger charge is 2.06. The molecule has 0 fully saturated rings. The van der Waals surface area contributed by atoms with Crippen LogP contribution in [0.15, 0.2) is 23.1 Å². The Balaban J connectivity index is 2.37. The summed E-state index contributed by atoms with van der Waals surface area (Å²) in [5.41, 5.74) is 0. The SMILES string of the molecule is CC(CCS)CCSc1ccc(F)cc1F. The fourth-order valence-electron chi connectivity index (χ4n) is 1.33. The van der Waals surface area contributed by atoms with E-state index in [1.807, 2.05) is 0 Å². The Labute approximate surface area is 105 Å². The van der Waals surface area contributed by atoms with Crippen LogP contribution in [-0.4, -0.2) is 11.5 Å². The minimum Gasteiger partial charge on any atom is -0.207 e. The molecule has 0 saturated carbocycles. The molecule has 1 rings (SSSR count). The van der Waals surface area contributed by atoms with Crippen molar-refractivity contribution < 1.29 is 8.78 Å². The van der Waals surface area contributed by atoms with Crippen molar-refractivity contribution in [3.8, 4) is 0 Å². The molecule has 0 amide bonds. The zero-order valence-electron chi connectivity index (χ0n) is 9.25. The van der Waals surface area contributed by atoms with Crippen LogP contribution in [0, 0.1) is 17.6 Å². The monoisotopic (exact) mass is 262 g/mol. The van der Waals surface area contributed by atoms with Gasteiger partial charge in [-0.3, -0.25) is 0 Å². The van der Waals surface area contributed by atoms with Gasteiger partial charge in [0.25, 0.3) is 0 Å². The fraction of sp³-hybridized carbons (Fsp3) is 0.500. The second-order valence-corrected chi connectivity index (χ2v) is 5.41. The molecule has 0 aliphatic heterocycles. The number of hydrogen-bond acceptors (Lipinski definition) is 2. The van der Waals surface area contributed by atoms with E-state index < -0.39 is 11.6 Å². The van der Waals surface area contributed by atoms with E-state index in [0.717, 1.165) is 30.4 Å². The van der Waals surface area contributed by atoms with E-state index in [-0.39, 0.29) is 0 Å².